The number of carbonyl (C=O) groups is 1. The van der Waals surface area contributed by atoms with Crippen LogP contribution in [0, 0.1) is 5.92 Å². The Bertz CT molecular complexity index is 1010. The van der Waals surface area contributed by atoms with E-state index < -0.39 is 10.0 Å². The Labute approximate surface area is 188 Å². The molecule has 1 N–H and O–H groups in total. The van der Waals surface area contributed by atoms with Gasteiger partial charge in [-0.25, -0.2) is 8.42 Å². The van der Waals surface area contributed by atoms with Crippen molar-refractivity contribution in [2.75, 3.05) is 33.9 Å². The average Bonchev–Trinajstić information content (AvgIpc) is 2.79. The summed E-state index contributed by atoms with van der Waals surface area (Å²) in [6.45, 7) is 1.02. The number of rotatable bonds is 8. The minimum atomic E-state index is -3.74. The first-order valence-corrected chi connectivity index (χ1v) is 11.9. The molecule has 1 amide bonds. The van der Waals surface area contributed by atoms with Crippen LogP contribution in [0.3, 0.4) is 0 Å². The SMILES string of the molecule is COc1ccc(CCNC(=O)C2CCCN(S(=O)(=O)c3ccc(OC)c(Cl)c3)C2)cc1. The first-order valence-electron chi connectivity index (χ1n) is 10.1. The van der Waals surface area contributed by atoms with Crippen molar-refractivity contribution in [1.82, 2.24) is 9.62 Å². The van der Waals surface area contributed by atoms with Gasteiger partial charge >= 0.3 is 0 Å². The third kappa shape index (κ3) is 5.70. The molecule has 1 fully saturated rings. The van der Waals surface area contributed by atoms with E-state index in [9.17, 15) is 13.2 Å². The summed E-state index contributed by atoms with van der Waals surface area (Å²) in [6, 6.07) is 12.1. The van der Waals surface area contributed by atoms with Crippen LogP contribution in [-0.4, -0.2) is 52.5 Å². The molecule has 9 heteroatoms. The Morgan fingerprint density at radius 3 is 2.55 bits per heavy atom. The van der Waals surface area contributed by atoms with Gasteiger partial charge in [0.25, 0.3) is 0 Å². The van der Waals surface area contributed by atoms with E-state index in [2.05, 4.69) is 5.32 Å². The van der Waals surface area contributed by atoms with E-state index in [0.717, 1.165) is 11.3 Å². The van der Waals surface area contributed by atoms with E-state index in [-0.39, 0.29) is 28.3 Å². The van der Waals surface area contributed by atoms with Crippen molar-refractivity contribution >= 4 is 27.5 Å². The van der Waals surface area contributed by atoms with Gasteiger partial charge in [0.05, 0.1) is 30.1 Å². The minimum absolute atomic E-state index is 0.0962. The van der Waals surface area contributed by atoms with Gasteiger partial charge in [-0.3, -0.25) is 4.79 Å². The number of nitrogens with zero attached hydrogens (tertiary/aromatic N) is 1. The molecule has 1 unspecified atom stereocenters. The second kappa shape index (κ2) is 10.3. The maximum absolute atomic E-state index is 13.0. The topological polar surface area (TPSA) is 84.9 Å². The smallest absolute Gasteiger partial charge is 0.243 e. The maximum Gasteiger partial charge on any atom is 0.243 e. The number of piperidine rings is 1. The van der Waals surface area contributed by atoms with Crippen LogP contribution in [0.25, 0.3) is 0 Å². The van der Waals surface area contributed by atoms with E-state index in [4.69, 9.17) is 21.1 Å². The van der Waals surface area contributed by atoms with E-state index in [1.165, 1.54) is 29.6 Å². The van der Waals surface area contributed by atoms with Crippen molar-refractivity contribution < 1.29 is 22.7 Å². The standard InChI is InChI=1S/C22H27ClN2O5S/c1-29-18-7-5-16(6-8-18)11-12-24-22(26)17-4-3-13-25(15-17)31(27,28)19-9-10-21(30-2)20(23)14-19/h5-10,14,17H,3-4,11-13,15H2,1-2H3,(H,24,26). The van der Waals surface area contributed by atoms with Crippen LogP contribution in [0.15, 0.2) is 47.4 Å². The van der Waals surface area contributed by atoms with Crippen molar-refractivity contribution in [3.05, 3.63) is 53.1 Å². The average molecular weight is 467 g/mol. The van der Waals surface area contributed by atoms with E-state index >= 15 is 0 Å². The molecule has 0 spiro atoms. The molecule has 31 heavy (non-hydrogen) atoms. The summed E-state index contributed by atoms with van der Waals surface area (Å²) in [5.41, 5.74) is 1.09. The zero-order valence-corrected chi connectivity index (χ0v) is 19.2. The highest BCUT2D eigenvalue weighted by molar-refractivity contribution is 7.89. The van der Waals surface area contributed by atoms with Crippen molar-refractivity contribution in [1.29, 1.82) is 0 Å². The van der Waals surface area contributed by atoms with Crippen molar-refractivity contribution in [3.63, 3.8) is 0 Å². The Kier molecular flexibility index (Phi) is 7.80. The third-order valence-electron chi connectivity index (χ3n) is 5.39. The number of nitrogens with one attached hydrogen (secondary N) is 1. The normalized spacial score (nSPS) is 17.2. The van der Waals surface area contributed by atoms with E-state index in [0.29, 0.717) is 38.1 Å². The fourth-order valence-electron chi connectivity index (χ4n) is 3.60. The second-order valence-corrected chi connectivity index (χ2v) is 9.73. The molecule has 1 heterocycles. The fourth-order valence-corrected chi connectivity index (χ4v) is 5.47. The van der Waals surface area contributed by atoms with Gasteiger partial charge in [-0.15, -0.1) is 0 Å². The number of halogens is 1. The fraction of sp³-hybridized carbons (Fsp3) is 0.409. The lowest BCUT2D eigenvalue weighted by Gasteiger charge is -2.31. The number of ether oxygens (including phenoxy) is 2. The molecule has 2 aromatic rings. The largest absolute Gasteiger partial charge is 0.497 e. The number of sulfonamides is 1. The first-order chi connectivity index (χ1) is 14.8. The lowest BCUT2D eigenvalue weighted by molar-refractivity contribution is -0.126. The summed E-state index contributed by atoms with van der Waals surface area (Å²) in [6.07, 6.45) is 1.97. The Morgan fingerprint density at radius 1 is 1.16 bits per heavy atom. The minimum Gasteiger partial charge on any atom is -0.497 e. The van der Waals surface area contributed by atoms with Crippen LogP contribution in [0.1, 0.15) is 18.4 Å². The van der Waals surface area contributed by atoms with Gasteiger partial charge in [0.15, 0.2) is 0 Å². The molecule has 0 saturated carbocycles. The molecule has 3 rings (SSSR count). The van der Waals surface area contributed by atoms with Crippen LogP contribution in [-0.2, 0) is 21.2 Å². The van der Waals surface area contributed by atoms with Crippen molar-refractivity contribution in [2.24, 2.45) is 5.92 Å². The molecule has 0 aliphatic carbocycles. The van der Waals surface area contributed by atoms with Crippen LogP contribution in [0.5, 0.6) is 11.5 Å². The van der Waals surface area contributed by atoms with Gasteiger partial charge < -0.3 is 14.8 Å². The first kappa shape index (κ1) is 23.4. The highest BCUT2D eigenvalue weighted by Gasteiger charge is 2.33. The summed E-state index contributed by atoms with van der Waals surface area (Å²) in [5, 5.41) is 3.17. The lowest BCUT2D eigenvalue weighted by atomic mass is 9.99. The van der Waals surface area contributed by atoms with Gasteiger partial charge in [0.2, 0.25) is 15.9 Å². The molecule has 0 bridgehead atoms. The molecule has 0 aromatic heterocycles. The van der Waals surface area contributed by atoms with Gasteiger partial charge in [-0.1, -0.05) is 23.7 Å². The third-order valence-corrected chi connectivity index (χ3v) is 7.54. The molecule has 1 aliphatic rings. The van der Waals surface area contributed by atoms with E-state index in [1.807, 2.05) is 24.3 Å². The number of hydrogen-bond donors (Lipinski definition) is 1. The Morgan fingerprint density at radius 2 is 1.90 bits per heavy atom. The van der Waals surface area contributed by atoms with Crippen molar-refractivity contribution in [3.8, 4) is 11.5 Å². The lowest BCUT2D eigenvalue weighted by Crippen LogP contribution is -2.45. The summed E-state index contributed by atoms with van der Waals surface area (Å²) in [5.74, 6) is 0.692. The number of benzene rings is 2. The summed E-state index contributed by atoms with van der Waals surface area (Å²) in [4.78, 5) is 12.7. The van der Waals surface area contributed by atoms with Crippen molar-refractivity contribution in [2.45, 2.75) is 24.2 Å². The molecule has 0 radical (unpaired) electrons. The highest BCUT2D eigenvalue weighted by Crippen LogP contribution is 2.30. The monoisotopic (exact) mass is 466 g/mol. The molecule has 168 valence electrons. The van der Waals surface area contributed by atoms with Gasteiger partial charge in [0, 0.05) is 19.6 Å². The van der Waals surface area contributed by atoms with Crippen LogP contribution >= 0.6 is 11.6 Å². The molecular formula is C22H27ClN2O5S. The molecule has 1 aliphatic heterocycles. The zero-order valence-electron chi connectivity index (χ0n) is 17.6. The highest BCUT2D eigenvalue weighted by atomic mass is 35.5. The number of carbonyl (C=O) groups excluding carboxylic acids is 1. The van der Waals surface area contributed by atoms with Crippen LogP contribution in [0.4, 0.5) is 0 Å². The molecule has 1 saturated heterocycles. The molecule has 7 nitrogen and oxygen atoms in total. The zero-order chi connectivity index (χ0) is 22.4. The molecule has 2 aromatic carbocycles. The predicted octanol–water partition coefficient (Wildman–Crippen LogP) is 3.12. The summed E-state index contributed by atoms with van der Waals surface area (Å²) in [7, 11) is -0.657. The van der Waals surface area contributed by atoms with Crippen LogP contribution in [0.2, 0.25) is 5.02 Å². The maximum atomic E-state index is 13.0. The van der Waals surface area contributed by atoms with Gasteiger partial charge in [0.1, 0.15) is 11.5 Å². The quantitative estimate of drug-likeness (QED) is 0.646. The molecular weight excluding hydrogens is 440 g/mol. The van der Waals surface area contributed by atoms with Gasteiger partial charge in [-0.2, -0.15) is 4.31 Å². The number of methoxy groups -OCH3 is 2. The summed E-state index contributed by atoms with van der Waals surface area (Å²) < 4.78 is 37.7. The second-order valence-electron chi connectivity index (χ2n) is 7.39. The van der Waals surface area contributed by atoms with E-state index in [1.54, 1.807) is 7.11 Å². The van der Waals surface area contributed by atoms with Gasteiger partial charge in [-0.05, 0) is 55.2 Å². The number of hydrogen-bond acceptors (Lipinski definition) is 5. The summed E-state index contributed by atoms with van der Waals surface area (Å²) >= 11 is 6.10. The Balaban J connectivity index is 1.58. The number of amides is 1. The Hall–Kier alpha value is -2.29. The molecule has 1 atom stereocenters. The van der Waals surface area contributed by atoms with Crippen LogP contribution < -0.4 is 14.8 Å². The predicted molar refractivity (Wildman–Crippen MR) is 119 cm³/mol.